The van der Waals surface area contributed by atoms with Crippen LogP contribution in [0.4, 0.5) is 4.79 Å². The van der Waals surface area contributed by atoms with E-state index in [0.29, 0.717) is 18.5 Å². The molecule has 1 N–H and O–H groups in total. The zero-order chi connectivity index (χ0) is 17.1. The minimum Gasteiger partial charge on any atom is -0.479 e. The Morgan fingerprint density at radius 1 is 1.17 bits per heavy atom. The molecule has 1 aliphatic rings. The number of carbonyl (C=O) groups excluding carboxylic acids is 1. The fourth-order valence-corrected chi connectivity index (χ4v) is 3.47. The molecule has 6 heteroatoms. The molecule has 0 spiro atoms. The van der Waals surface area contributed by atoms with Crippen LogP contribution in [-0.2, 0) is 22.6 Å². The zero-order valence-corrected chi connectivity index (χ0v) is 14.4. The van der Waals surface area contributed by atoms with E-state index in [-0.39, 0.29) is 6.61 Å². The fraction of sp³-hybridized carbons (Fsp3) is 0.222. The van der Waals surface area contributed by atoms with Crippen molar-refractivity contribution >= 4 is 28.0 Å². The predicted molar refractivity (Wildman–Crippen MR) is 91.6 cm³/mol. The number of carbonyl (C=O) groups is 2. The van der Waals surface area contributed by atoms with Crippen LogP contribution in [0.15, 0.2) is 53.0 Å². The summed E-state index contributed by atoms with van der Waals surface area (Å²) in [4.78, 5) is 25.4. The quantitative estimate of drug-likeness (QED) is 0.867. The van der Waals surface area contributed by atoms with E-state index < -0.39 is 18.1 Å². The third-order valence-electron chi connectivity index (χ3n) is 4.04. The number of hydrogen-bond acceptors (Lipinski definition) is 3. The monoisotopic (exact) mass is 389 g/mol. The van der Waals surface area contributed by atoms with Gasteiger partial charge in [-0.2, -0.15) is 0 Å². The second kappa shape index (κ2) is 7.05. The van der Waals surface area contributed by atoms with Gasteiger partial charge in [0.15, 0.2) is 6.04 Å². The van der Waals surface area contributed by atoms with Gasteiger partial charge in [0, 0.05) is 11.0 Å². The van der Waals surface area contributed by atoms with Gasteiger partial charge in [0.25, 0.3) is 0 Å². The third-order valence-corrected chi connectivity index (χ3v) is 4.78. The van der Waals surface area contributed by atoms with Crippen molar-refractivity contribution in [2.24, 2.45) is 0 Å². The van der Waals surface area contributed by atoms with E-state index in [1.165, 1.54) is 4.90 Å². The molecule has 124 valence electrons. The van der Waals surface area contributed by atoms with Crippen molar-refractivity contribution in [3.05, 3.63) is 69.7 Å². The highest BCUT2D eigenvalue weighted by Gasteiger charge is 2.37. The van der Waals surface area contributed by atoms with Gasteiger partial charge in [-0.15, -0.1) is 0 Å². The van der Waals surface area contributed by atoms with Crippen molar-refractivity contribution in [2.75, 3.05) is 6.54 Å². The lowest BCUT2D eigenvalue weighted by Gasteiger charge is -2.34. The number of halogens is 1. The molecule has 0 radical (unpaired) electrons. The largest absolute Gasteiger partial charge is 0.479 e. The lowest BCUT2D eigenvalue weighted by Crippen LogP contribution is -2.43. The molecule has 1 heterocycles. The summed E-state index contributed by atoms with van der Waals surface area (Å²) in [5, 5.41) is 9.62. The Balaban J connectivity index is 1.80. The van der Waals surface area contributed by atoms with Crippen molar-refractivity contribution < 1.29 is 19.4 Å². The number of carboxylic acids is 1. The normalized spacial score (nSPS) is 16.4. The molecule has 0 aromatic heterocycles. The van der Waals surface area contributed by atoms with Crippen LogP contribution in [0.3, 0.4) is 0 Å². The number of ether oxygens (including phenoxy) is 1. The first kappa shape index (κ1) is 16.5. The Morgan fingerprint density at radius 2 is 1.92 bits per heavy atom. The van der Waals surface area contributed by atoms with Crippen LogP contribution in [0.2, 0.25) is 0 Å². The van der Waals surface area contributed by atoms with Gasteiger partial charge in [0.05, 0.1) is 0 Å². The highest BCUT2D eigenvalue weighted by molar-refractivity contribution is 9.10. The van der Waals surface area contributed by atoms with Gasteiger partial charge in [0.1, 0.15) is 6.61 Å². The van der Waals surface area contributed by atoms with Crippen LogP contribution < -0.4 is 0 Å². The molecule has 1 aliphatic heterocycles. The second-order valence-electron chi connectivity index (χ2n) is 5.53. The molecule has 0 saturated carbocycles. The standard InChI is InChI=1S/C18H16BrNO4/c19-15-8-4-7-14-13(15)9-10-20(16(14)17(21)22)18(23)24-11-12-5-2-1-3-6-12/h1-8,16H,9-11H2,(H,21,22)/t16-/m0/s1. The number of rotatable bonds is 3. The van der Waals surface area contributed by atoms with Crippen molar-refractivity contribution in [3.8, 4) is 0 Å². The number of carboxylic acid groups (broad SMARTS) is 1. The molecule has 0 unspecified atom stereocenters. The van der Waals surface area contributed by atoms with Crippen LogP contribution >= 0.6 is 15.9 Å². The molecule has 0 bridgehead atoms. The summed E-state index contributed by atoms with van der Waals surface area (Å²) in [6.07, 6.45) is -0.0297. The summed E-state index contributed by atoms with van der Waals surface area (Å²) in [7, 11) is 0. The average Bonchev–Trinajstić information content (AvgIpc) is 2.59. The minimum atomic E-state index is -1.06. The minimum absolute atomic E-state index is 0.119. The van der Waals surface area contributed by atoms with Gasteiger partial charge in [0.2, 0.25) is 0 Å². The first-order valence-electron chi connectivity index (χ1n) is 7.55. The topological polar surface area (TPSA) is 66.8 Å². The summed E-state index contributed by atoms with van der Waals surface area (Å²) in [6.45, 7) is 0.425. The Bertz CT molecular complexity index is 763. The first-order valence-corrected chi connectivity index (χ1v) is 8.34. The highest BCUT2D eigenvalue weighted by atomic mass is 79.9. The Morgan fingerprint density at radius 3 is 2.62 bits per heavy atom. The van der Waals surface area contributed by atoms with Crippen LogP contribution in [0, 0.1) is 0 Å². The lowest BCUT2D eigenvalue weighted by molar-refractivity contribution is -0.143. The SMILES string of the molecule is O=C(O)[C@@H]1c2cccc(Br)c2CCN1C(=O)OCc1ccccc1. The van der Waals surface area contributed by atoms with E-state index in [1.54, 1.807) is 12.1 Å². The molecule has 0 fully saturated rings. The summed E-state index contributed by atoms with van der Waals surface area (Å²) in [5.41, 5.74) is 2.41. The maximum absolute atomic E-state index is 12.4. The molecule has 3 rings (SSSR count). The molecule has 0 aliphatic carbocycles. The molecule has 2 aromatic rings. The van der Waals surface area contributed by atoms with E-state index >= 15 is 0 Å². The van der Waals surface area contributed by atoms with Crippen molar-refractivity contribution in [1.82, 2.24) is 4.90 Å². The van der Waals surface area contributed by atoms with Gasteiger partial charge < -0.3 is 9.84 Å². The van der Waals surface area contributed by atoms with Crippen LogP contribution in [0.5, 0.6) is 0 Å². The van der Waals surface area contributed by atoms with Crippen molar-refractivity contribution in [1.29, 1.82) is 0 Å². The predicted octanol–water partition coefficient (Wildman–Crippen LogP) is 3.77. The second-order valence-corrected chi connectivity index (χ2v) is 6.39. The van der Waals surface area contributed by atoms with Gasteiger partial charge in [-0.05, 0) is 29.2 Å². The van der Waals surface area contributed by atoms with Gasteiger partial charge in [-0.25, -0.2) is 9.59 Å². The van der Waals surface area contributed by atoms with Crippen molar-refractivity contribution in [2.45, 2.75) is 19.1 Å². The summed E-state index contributed by atoms with van der Waals surface area (Å²) in [6, 6.07) is 13.7. The Kier molecular flexibility index (Phi) is 4.85. The van der Waals surface area contributed by atoms with Gasteiger partial charge in [-0.3, -0.25) is 4.90 Å². The first-order chi connectivity index (χ1) is 11.6. The number of aliphatic carboxylic acids is 1. The number of hydrogen-bond donors (Lipinski definition) is 1. The zero-order valence-electron chi connectivity index (χ0n) is 12.8. The molecule has 1 atom stereocenters. The number of benzene rings is 2. The average molecular weight is 390 g/mol. The van der Waals surface area contributed by atoms with Crippen LogP contribution in [0.25, 0.3) is 0 Å². The van der Waals surface area contributed by atoms with Crippen LogP contribution in [0.1, 0.15) is 22.7 Å². The number of fused-ring (bicyclic) bond motifs is 1. The van der Waals surface area contributed by atoms with Crippen molar-refractivity contribution in [3.63, 3.8) is 0 Å². The maximum atomic E-state index is 12.4. The van der Waals surface area contributed by atoms with E-state index in [2.05, 4.69) is 15.9 Å². The number of nitrogens with zero attached hydrogens (tertiary/aromatic N) is 1. The van der Waals surface area contributed by atoms with E-state index in [4.69, 9.17) is 4.74 Å². The maximum Gasteiger partial charge on any atom is 0.411 e. The van der Waals surface area contributed by atoms with E-state index in [1.807, 2.05) is 36.4 Å². The van der Waals surface area contributed by atoms with E-state index in [0.717, 1.165) is 15.6 Å². The summed E-state index contributed by atoms with van der Waals surface area (Å²) >= 11 is 3.45. The lowest BCUT2D eigenvalue weighted by atomic mass is 9.93. The molecule has 1 amide bonds. The highest BCUT2D eigenvalue weighted by Crippen LogP contribution is 2.34. The Hall–Kier alpha value is -2.34. The molecule has 0 saturated heterocycles. The number of amides is 1. The fourth-order valence-electron chi connectivity index (χ4n) is 2.89. The summed E-state index contributed by atoms with van der Waals surface area (Å²) in [5.74, 6) is -1.06. The van der Waals surface area contributed by atoms with Crippen LogP contribution in [-0.4, -0.2) is 28.6 Å². The van der Waals surface area contributed by atoms with E-state index in [9.17, 15) is 14.7 Å². The molecule has 5 nitrogen and oxygen atoms in total. The molecular formula is C18H16BrNO4. The molecule has 2 aromatic carbocycles. The molecule has 24 heavy (non-hydrogen) atoms. The smallest absolute Gasteiger partial charge is 0.411 e. The Labute approximate surface area is 148 Å². The summed E-state index contributed by atoms with van der Waals surface area (Å²) < 4.78 is 6.17. The molecular weight excluding hydrogens is 374 g/mol. The van der Waals surface area contributed by atoms with Gasteiger partial charge >= 0.3 is 12.1 Å². The third kappa shape index (κ3) is 3.28. The van der Waals surface area contributed by atoms with Gasteiger partial charge in [-0.1, -0.05) is 58.4 Å².